The smallest absolute Gasteiger partial charge is 0.339 e. The number of anilines is 1. The largest absolute Gasteiger partial charge is 0.478 e. The normalized spacial score (nSPS) is 10.3. The molecular weight excluding hydrogens is 290 g/mol. The molecule has 1 aromatic heterocycles. The number of carboxylic acids is 1. The number of aromatic carboxylic acids is 1. The van der Waals surface area contributed by atoms with Crippen LogP contribution in [0.5, 0.6) is 0 Å². The van der Waals surface area contributed by atoms with E-state index in [0.717, 1.165) is 12.1 Å². The molecule has 0 atom stereocenters. The minimum absolute atomic E-state index is 0.0583. The molecule has 0 radical (unpaired) electrons. The standard InChI is InChI=1S/C13H9ClF2N2O2/c14-11-4-2-8(13(19)20)12(18-11)17-6-7-1-3-9(15)10(16)5-7/h1-5H,6H2,(H,17,18)(H,19,20). The van der Waals surface area contributed by atoms with E-state index in [1.807, 2.05) is 0 Å². The minimum atomic E-state index is -1.16. The highest BCUT2D eigenvalue weighted by atomic mass is 35.5. The van der Waals surface area contributed by atoms with E-state index in [-0.39, 0.29) is 23.1 Å². The van der Waals surface area contributed by atoms with Gasteiger partial charge >= 0.3 is 5.97 Å². The lowest BCUT2D eigenvalue weighted by Crippen LogP contribution is -2.08. The number of benzene rings is 1. The first-order valence-corrected chi connectivity index (χ1v) is 5.93. The molecule has 4 nitrogen and oxygen atoms in total. The third kappa shape index (κ3) is 3.21. The van der Waals surface area contributed by atoms with Crippen LogP contribution in [0.1, 0.15) is 15.9 Å². The molecule has 0 aliphatic carbocycles. The van der Waals surface area contributed by atoms with Crippen LogP contribution in [0.15, 0.2) is 30.3 Å². The van der Waals surface area contributed by atoms with Gasteiger partial charge in [0, 0.05) is 6.54 Å². The fraction of sp³-hybridized carbons (Fsp3) is 0.0769. The van der Waals surface area contributed by atoms with E-state index in [1.165, 1.54) is 18.2 Å². The Labute approximate surface area is 118 Å². The van der Waals surface area contributed by atoms with Gasteiger partial charge in [-0.3, -0.25) is 0 Å². The molecule has 0 saturated heterocycles. The van der Waals surface area contributed by atoms with E-state index in [2.05, 4.69) is 10.3 Å². The van der Waals surface area contributed by atoms with Gasteiger partial charge in [0.05, 0.1) is 0 Å². The van der Waals surface area contributed by atoms with Gasteiger partial charge in [-0.05, 0) is 29.8 Å². The van der Waals surface area contributed by atoms with Crippen molar-refractivity contribution >= 4 is 23.4 Å². The van der Waals surface area contributed by atoms with Crippen LogP contribution in [0.2, 0.25) is 5.15 Å². The van der Waals surface area contributed by atoms with Crippen molar-refractivity contribution < 1.29 is 18.7 Å². The fourth-order valence-corrected chi connectivity index (χ4v) is 1.73. The summed E-state index contributed by atoms with van der Waals surface area (Å²) < 4.78 is 25.8. The summed E-state index contributed by atoms with van der Waals surface area (Å²) in [5, 5.41) is 11.9. The van der Waals surface area contributed by atoms with Crippen molar-refractivity contribution in [2.75, 3.05) is 5.32 Å². The maximum atomic E-state index is 13.0. The maximum absolute atomic E-state index is 13.0. The lowest BCUT2D eigenvalue weighted by Gasteiger charge is -2.09. The van der Waals surface area contributed by atoms with Crippen LogP contribution in [-0.2, 0) is 6.54 Å². The van der Waals surface area contributed by atoms with Gasteiger partial charge in [0.25, 0.3) is 0 Å². The van der Waals surface area contributed by atoms with Crippen LogP contribution in [0.25, 0.3) is 0 Å². The average molecular weight is 299 g/mol. The molecule has 0 aliphatic heterocycles. The van der Waals surface area contributed by atoms with E-state index in [1.54, 1.807) is 0 Å². The number of hydrogen-bond acceptors (Lipinski definition) is 3. The Morgan fingerprint density at radius 2 is 2.00 bits per heavy atom. The molecule has 2 N–H and O–H groups in total. The summed E-state index contributed by atoms with van der Waals surface area (Å²) in [5.41, 5.74) is 0.388. The highest BCUT2D eigenvalue weighted by Gasteiger charge is 2.12. The minimum Gasteiger partial charge on any atom is -0.478 e. The van der Waals surface area contributed by atoms with Gasteiger partial charge < -0.3 is 10.4 Å². The molecule has 7 heteroatoms. The third-order valence-electron chi connectivity index (χ3n) is 2.54. The Kier molecular flexibility index (Phi) is 4.14. The van der Waals surface area contributed by atoms with Gasteiger partial charge in [-0.2, -0.15) is 0 Å². The van der Waals surface area contributed by atoms with Crippen molar-refractivity contribution in [1.29, 1.82) is 0 Å². The second-order valence-corrected chi connectivity index (χ2v) is 4.32. The van der Waals surface area contributed by atoms with E-state index in [4.69, 9.17) is 16.7 Å². The summed E-state index contributed by atoms with van der Waals surface area (Å²) >= 11 is 5.70. The van der Waals surface area contributed by atoms with Crippen LogP contribution in [-0.4, -0.2) is 16.1 Å². The molecule has 1 aromatic carbocycles. The van der Waals surface area contributed by atoms with E-state index >= 15 is 0 Å². The van der Waals surface area contributed by atoms with Crippen molar-refractivity contribution in [2.24, 2.45) is 0 Å². The summed E-state index contributed by atoms with van der Waals surface area (Å²) in [6.07, 6.45) is 0. The first kappa shape index (κ1) is 14.2. The molecule has 1 heterocycles. The van der Waals surface area contributed by atoms with E-state index < -0.39 is 17.6 Å². The van der Waals surface area contributed by atoms with Crippen molar-refractivity contribution in [3.63, 3.8) is 0 Å². The number of halogens is 3. The molecule has 0 aliphatic rings. The molecule has 104 valence electrons. The van der Waals surface area contributed by atoms with Crippen molar-refractivity contribution in [3.8, 4) is 0 Å². The number of pyridine rings is 1. The quantitative estimate of drug-likeness (QED) is 0.850. The van der Waals surface area contributed by atoms with Gasteiger partial charge in [0.1, 0.15) is 16.5 Å². The number of carbonyl (C=O) groups is 1. The van der Waals surface area contributed by atoms with Gasteiger partial charge in [0.2, 0.25) is 0 Å². The zero-order valence-corrected chi connectivity index (χ0v) is 10.8. The second-order valence-electron chi connectivity index (χ2n) is 3.94. The van der Waals surface area contributed by atoms with Gasteiger partial charge in [-0.1, -0.05) is 17.7 Å². The van der Waals surface area contributed by atoms with Crippen LogP contribution < -0.4 is 5.32 Å². The molecule has 0 fully saturated rings. The number of carboxylic acid groups (broad SMARTS) is 1. The van der Waals surface area contributed by atoms with E-state index in [9.17, 15) is 13.6 Å². The van der Waals surface area contributed by atoms with Gasteiger partial charge in [-0.25, -0.2) is 18.6 Å². The number of rotatable bonds is 4. The van der Waals surface area contributed by atoms with E-state index in [0.29, 0.717) is 5.56 Å². The van der Waals surface area contributed by atoms with Crippen LogP contribution in [0.4, 0.5) is 14.6 Å². The molecular formula is C13H9ClF2N2O2. The summed E-state index contributed by atoms with van der Waals surface area (Å²) in [6.45, 7) is 0.0881. The Bertz CT molecular complexity index is 665. The zero-order valence-electron chi connectivity index (χ0n) is 10.0. The molecule has 0 bridgehead atoms. The predicted octanol–water partition coefficient (Wildman–Crippen LogP) is 3.32. The first-order valence-electron chi connectivity index (χ1n) is 5.55. The molecule has 2 rings (SSSR count). The molecule has 2 aromatic rings. The fourth-order valence-electron chi connectivity index (χ4n) is 1.58. The van der Waals surface area contributed by atoms with Crippen LogP contribution >= 0.6 is 11.6 Å². The highest BCUT2D eigenvalue weighted by molar-refractivity contribution is 6.29. The Morgan fingerprint density at radius 1 is 1.25 bits per heavy atom. The Hall–Kier alpha value is -2.21. The molecule has 20 heavy (non-hydrogen) atoms. The lowest BCUT2D eigenvalue weighted by molar-refractivity contribution is 0.0697. The SMILES string of the molecule is O=C(O)c1ccc(Cl)nc1NCc1ccc(F)c(F)c1. The molecule has 0 unspecified atom stereocenters. The van der Waals surface area contributed by atoms with Crippen molar-refractivity contribution in [3.05, 3.63) is 58.2 Å². The number of nitrogens with zero attached hydrogens (tertiary/aromatic N) is 1. The van der Waals surface area contributed by atoms with Gasteiger partial charge in [0.15, 0.2) is 11.6 Å². The van der Waals surface area contributed by atoms with Gasteiger partial charge in [-0.15, -0.1) is 0 Å². The first-order chi connectivity index (χ1) is 9.47. The lowest BCUT2D eigenvalue weighted by atomic mass is 10.2. The number of nitrogens with one attached hydrogen (secondary N) is 1. The van der Waals surface area contributed by atoms with Crippen LogP contribution in [0.3, 0.4) is 0 Å². The maximum Gasteiger partial charge on any atom is 0.339 e. The van der Waals surface area contributed by atoms with Crippen molar-refractivity contribution in [2.45, 2.75) is 6.54 Å². The topological polar surface area (TPSA) is 62.2 Å². The zero-order chi connectivity index (χ0) is 14.7. The Morgan fingerprint density at radius 3 is 2.65 bits per heavy atom. The van der Waals surface area contributed by atoms with Crippen LogP contribution in [0, 0.1) is 11.6 Å². The summed E-state index contributed by atoms with van der Waals surface area (Å²) in [6, 6.07) is 6.07. The third-order valence-corrected chi connectivity index (χ3v) is 2.75. The molecule has 0 saturated carbocycles. The second kappa shape index (κ2) is 5.83. The molecule has 0 amide bonds. The molecule has 0 spiro atoms. The summed E-state index contributed by atoms with van der Waals surface area (Å²) in [5.74, 6) is -3.01. The summed E-state index contributed by atoms with van der Waals surface area (Å²) in [7, 11) is 0. The average Bonchev–Trinajstić information content (AvgIpc) is 2.40. The Balaban J connectivity index is 2.20. The number of aromatic nitrogens is 1. The predicted molar refractivity (Wildman–Crippen MR) is 69.9 cm³/mol. The monoisotopic (exact) mass is 298 g/mol. The highest BCUT2D eigenvalue weighted by Crippen LogP contribution is 2.18. The van der Waals surface area contributed by atoms with Crippen molar-refractivity contribution in [1.82, 2.24) is 4.98 Å². The number of hydrogen-bond donors (Lipinski definition) is 2. The summed E-state index contributed by atoms with van der Waals surface area (Å²) in [4.78, 5) is 14.9.